The van der Waals surface area contributed by atoms with E-state index >= 15 is 0 Å². The highest BCUT2D eigenvalue weighted by atomic mass is 16.6. The number of nitrogens with one attached hydrogen (secondary N) is 4. The maximum Gasteiger partial charge on any atom is 0.412 e. The number of imidazole rings is 2. The molecule has 0 radical (unpaired) electrons. The van der Waals surface area contributed by atoms with Crippen LogP contribution in [0.5, 0.6) is 0 Å². The number of nitrogens with zero attached hydrogens (tertiary/aromatic N) is 2. The fourth-order valence-corrected chi connectivity index (χ4v) is 6.49. The van der Waals surface area contributed by atoms with Gasteiger partial charge in [0.15, 0.2) is 0 Å². The van der Waals surface area contributed by atoms with Gasteiger partial charge >= 0.3 is 24.1 Å². The lowest BCUT2D eigenvalue weighted by atomic mass is 9.92. The molecule has 0 saturated heterocycles. The zero-order valence-electron chi connectivity index (χ0n) is 33.2. The van der Waals surface area contributed by atoms with Crippen molar-refractivity contribution in [2.45, 2.75) is 78.6 Å². The largest absolute Gasteiger partial charge is 0.412 e. The molecule has 4 aromatic rings. The molecule has 2 aromatic carbocycles. The van der Waals surface area contributed by atoms with Gasteiger partial charge in [0.05, 0.1) is 35.9 Å². The molecule has 0 aliphatic rings. The summed E-state index contributed by atoms with van der Waals surface area (Å²) in [5.41, 5.74) is 18.0. The number of esters is 2. The molecule has 56 heavy (non-hydrogen) atoms. The van der Waals surface area contributed by atoms with Crippen LogP contribution in [0.25, 0.3) is 33.6 Å². The molecule has 16 heteroatoms. The molecule has 0 saturated carbocycles. The zero-order chi connectivity index (χ0) is 41.1. The van der Waals surface area contributed by atoms with Crippen LogP contribution in [0.1, 0.15) is 75.4 Å². The number of nitrogens with two attached hydrogens (primary N) is 2. The maximum atomic E-state index is 12.6. The molecule has 0 unspecified atom stereocenters. The highest BCUT2D eigenvalue weighted by Crippen LogP contribution is 2.34. The van der Waals surface area contributed by atoms with E-state index < -0.39 is 36.2 Å². The van der Waals surface area contributed by atoms with Crippen molar-refractivity contribution in [3.05, 3.63) is 71.6 Å². The van der Waals surface area contributed by atoms with Gasteiger partial charge in [-0.15, -0.1) is 0 Å². The van der Waals surface area contributed by atoms with E-state index in [2.05, 4.69) is 78.2 Å². The summed E-state index contributed by atoms with van der Waals surface area (Å²) < 4.78 is 19.7. The molecule has 0 spiro atoms. The fourth-order valence-electron chi connectivity index (χ4n) is 6.49. The fraction of sp³-hybridized carbons (Fsp3) is 0.450. The molecule has 0 aliphatic carbocycles. The van der Waals surface area contributed by atoms with Crippen LogP contribution in [0, 0.1) is 25.7 Å². The van der Waals surface area contributed by atoms with Gasteiger partial charge in [0.2, 0.25) is 0 Å². The summed E-state index contributed by atoms with van der Waals surface area (Å²) in [4.78, 5) is 63.9. The number of H-pyrrole nitrogens is 2. The second kappa shape index (κ2) is 20.0. The van der Waals surface area contributed by atoms with Crippen LogP contribution in [-0.4, -0.2) is 83.6 Å². The third-order valence-electron chi connectivity index (χ3n) is 9.65. The van der Waals surface area contributed by atoms with Crippen LogP contribution < -0.4 is 22.1 Å². The van der Waals surface area contributed by atoms with Crippen molar-refractivity contribution in [3.63, 3.8) is 0 Å². The van der Waals surface area contributed by atoms with E-state index in [1.54, 1.807) is 12.4 Å². The monoisotopic (exact) mass is 774 g/mol. The average Bonchev–Trinajstić information content (AvgIpc) is 3.83. The first kappa shape index (κ1) is 43.3. The first-order valence-corrected chi connectivity index (χ1v) is 18.5. The van der Waals surface area contributed by atoms with E-state index in [1.807, 2.05) is 39.8 Å². The van der Waals surface area contributed by atoms with E-state index in [0.717, 1.165) is 44.8 Å². The second-order valence-corrected chi connectivity index (χ2v) is 14.3. The number of methoxy groups -OCH3 is 2. The van der Waals surface area contributed by atoms with E-state index in [4.69, 9.17) is 20.9 Å². The van der Waals surface area contributed by atoms with E-state index in [0.29, 0.717) is 11.6 Å². The molecule has 0 aliphatic heterocycles. The molecule has 4 atom stereocenters. The average molecular weight is 775 g/mol. The van der Waals surface area contributed by atoms with Gasteiger partial charge < -0.3 is 40.4 Å². The lowest BCUT2D eigenvalue weighted by molar-refractivity contribution is -0.141. The smallest absolute Gasteiger partial charge is 0.385 e. The van der Waals surface area contributed by atoms with Crippen LogP contribution >= 0.6 is 0 Å². The second-order valence-electron chi connectivity index (χ2n) is 14.3. The molecule has 0 fully saturated rings. The Kier molecular flexibility index (Phi) is 15.4. The van der Waals surface area contributed by atoms with Crippen molar-refractivity contribution in [1.82, 2.24) is 30.6 Å². The Bertz CT molecular complexity index is 1960. The molecule has 0 bridgehead atoms. The Morgan fingerprint density at radius 2 is 1.05 bits per heavy atom. The van der Waals surface area contributed by atoms with Crippen molar-refractivity contribution in [1.29, 1.82) is 0 Å². The summed E-state index contributed by atoms with van der Waals surface area (Å²) in [5.74, 6) is -0.245. The Balaban J connectivity index is 1.53. The molecule has 16 nitrogen and oxygen atoms in total. The third kappa shape index (κ3) is 11.1. The highest BCUT2D eigenvalue weighted by Gasteiger charge is 2.30. The number of aromatic nitrogens is 4. The molecule has 2 heterocycles. The Morgan fingerprint density at radius 1 is 0.643 bits per heavy atom. The molecular formula is C40H54N8O8. The van der Waals surface area contributed by atoms with Crippen LogP contribution in [-0.2, 0) is 28.5 Å². The topological polar surface area (TPSA) is 239 Å². The van der Waals surface area contributed by atoms with Crippen molar-refractivity contribution < 1.29 is 38.1 Å². The van der Waals surface area contributed by atoms with Crippen molar-refractivity contribution in [2.24, 2.45) is 23.3 Å². The molecule has 2 amide bonds. The first-order valence-electron chi connectivity index (χ1n) is 18.5. The van der Waals surface area contributed by atoms with Gasteiger partial charge in [0, 0.05) is 33.0 Å². The Morgan fingerprint density at radius 3 is 1.50 bits per heavy atom. The van der Waals surface area contributed by atoms with Crippen LogP contribution in [0.3, 0.4) is 0 Å². The molecule has 8 N–H and O–H groups in total. The number of carbonyl (C=O) groups excluding carboxylic acids is 4. The minimum Gasteiger partial charge on any atom is -0.385 e. The quantitative estimate of drug-likeness (QED) is 0.0520. The van der Waals surface area contributed by atoms with Crippen LogP contribution in [0.15, 0.2) is 48.8 Å². The number of benzene rings is 2. The SMILES string of the molecule is COCC[C@H](N[C@H](c1ncc(-c2ccc(-c3ccc(-c4cnc([C@@H](N[C@@H](CCOC)C(=O)OC(N)=O)C(C)C)[nH]4)c(C)c3C)cc2)[nH]1)C(C)C)C(=O)OC(N)=O. The number of aromatic amines is 2. The van der Waals surface area contributed by atoms with Gasteiger partial charge in [-0.3, -0.25) is 10.6 Å². The van der Waals surface area contributed by atoms with Gasteiger partial charge in [0.25, 0.3) is 0 Å². The number of ether oxygens (including phenoxy) is 4. The lowest BCUT2D eigenvalue weighted by Gasteiger charge is -2.25. The molecule has 4 rings (SSSR count). The summed E-state index contributed by atoms with van der Waals surface area (Å²) >= 11 is 0. The van der Waals surface area contributed by atoms with Crippen molar-refractivity contribution in [2.75, 3.05) is 27.4 Å². The molecular weight excluding hydrogens is 720 g/mol. The summed E-state index contributed by atoms with van der Waals surface area (Å²) in [7, 11) is 3.05. The number of rotatable bonds is 19. The van der Waals surface area contributed by atoms with Crippen molar-refractivity contribution >= 4 is 24.1 Å². The summed E-state index contributed by atoms with van der Waals surface area (Å²) in [6.07, 6.45) is 1.75. The van der Waals surface area contributed by atoms with Crippen LogP contribution in [0.2, 0.25) is 0 Å². The third-order valence-corrected chi connectivity index (χ3v) is 9.65. The number of hydrogen-bond donors (Lipinski definition) is 6. The number of carbonyl (C=O) groups is 4. The Labute approximate surface area is 326 Å². The van der Waals surface area contributed by atoms with Gasteiger partial charge in [0.1, 0.15) is 23.7 Å². The highest BCUT2D eigenvalue weighted by molar-refractivity contribution is 5.87. The number of hydrogen-bond acceptors (Lipinski definition) is 12. The predicted molar refractivity (Wildman–Crippen MR) is 210 cm³/mol. The minimum atomic E-state index is -1.17. The van der Waals surface area contributed by atoms with E-state index in [1.165, 1.54) is 14.2 Å². The summed E-state index contributed by atoms with van der Waals surface area (Å²) in [5, 5.41) is 6.55. The van der Waals surface area contributed by atoms with Gasteiger partial charge in [-0.2, -0.15) is 0 Å². The first-order chi connectivity index (χ1) is 26.6. The van der Waals surface area contributed by atoms with E-state index in [9.17, 15) is 19.2 Å². The number of primary amides is 2. The van der Waals surface area contributed by atoms with Gasteiger partial charge in [-0.1, -0.05) is 64.1 Å². The predicted octanol–water partition coefficient (Wildman–Crippen LogP) is 5.38. The van der Waals surface area contributed by atoms with Gasteiger partial charge in [-0.05, 0) is 66.3 Å². The Hall–Kier alpha value is -5.42. The maximum absolute atomic E-state index is 12.6. The molecule has 2 aromatic heterocycles. The van der Waals surface area contributed by atoms with Crippen LogP contribution in [0.4, 0.5) is 9.59 Å². The standard InChI is InChI=1S/C40H54N8O8/c1-21(2)33(45-29(15-17-53-7)37(49)55-39(41)51)35-43-19-31(47-35)26-11-9-25(10-12-26)27-13-14-28(24(6)23(27)5)32-20-44-36(48-32)34(22(3)4)46-30(16-18-54-8)38(50)56-40(42)52/h9-14,19-22,29-30,33-34,45-46H,15-18H2,1-8H3,(H2,41,51)(H2,42,52)(H,43,47)(H,44,48)/t29-,30-,33-,34-/m0/s1. The minimum absolute atomic E-state index is 0.0222. The van der Waals surface area contributed by atoms with Crippen molar-refractivity contribution in [3.8, 4) is 33.6 Å². The number of amides is 2. The van der Waals surface area contributed by atoms with Gasteiger partial charge in [-0.25, -0.2) is 29.1 Å². The zero-order valence-corrected chi connectivity index (χ0v) is 33.2. The summed E-state index contributed by atoms with van der Waals surface area (Å²) in [6, 6.07) is 9.92. The normalized spacial score (nSPS) is 13.7. The molecule has 302 valence electrons. The van der Waals surface area contributed by atoms with E-state index in [-0.39, 0.29) is 50.0 Å². The lowest BCUT2D eigenvalue weighted by Crippen LogP contribution is -2.44. The summed E-state index contributed by atoms with van der Waals surface area (Å²) in [6.45, 7) is 12.7.